The molecule has 1 aliphatic heterocycles. The van der Waals surface area contributed by atoms with E-state index in [0.717, 1.165) is 0 Å². The highest BCUT2D eigenvalue weighted by Gasteiger charge is 2.43. The van der Waals surface area contributed by atoms with Crippen LogP contribution in [0.3, 0.4) is 0 Å². The van der Waals surface area contributed by atoms with E-state index in [1.165, 1.54) is 0 Å². The smallest absolute Gasteiger partial charge is 0.174 e. The molecule has 0 radical (unpaired) electrons. The standard InChI is InChI=1S/C6H15N3O5/c7-9-8-3-5(12)4(11)2(1-10)14-6(3)13/h2-6,8-13H,1,7H2/p+1/t2-,3+,4-,5-,6?/m1/s1. The number of hydrogen-bond acceptors (Lipinski definition) is 7. The minimum atomic E-state index is -1.32. The maximum Gasteiger partial charge on any atom is 0.174 e. The van der Waals surface area contributed by atoms with E-state index in [4.69, 9.17) is 9.84 Å². The summed E-state index contributed by atoms with van der Waals surface area (Å²) in [6, 6.07) is -0.898. The van der Waals surface area contributed by atoms with Crippen molar-refractivity contribution in [3.63, 3.8) is 0 Å². The van der Waals surface area contributed by atoms with E-state index in [1.54, 1.807) is 0 Å². The molecule has 0 aromatic carbocycles. The van der Waals surface area contributed by atoms with Crippen LogP contribution in [0.2, 0.25) is 0 Å². The SMILES string of the molecule is [NH3+]NN[C@@H]1C(O)O[C@H](CO)[C@@H](O)[C@@H]1O. The lowest BCUT2D eigenvalue weighted by Crippen LogP contribution is -2.76. The van der Waals surface area contributed by atoms with Crippen LogP contribution in [-0.4, -0.2) is 57.7 Å². The predicted molar refractivity (Wildman–Crippen MR) is 42.9 cm³/mol. The zero-order valence-electron chi connectivity index (χ0n) is 7.50. The maximum absolute atomic E-state index is 9.51. The second-order valence-electron chi connectivity index (χ2n) is 3.08. The number of rotatable bonds is 3. The first kappa shape index (κ1) is 11.8. The van der Waals surface area contributed by atoms with Crippen molar-refractivity contribution in [3.8, 4) is 0 Å². The van der Waals surface area contributed by atoms with Crippen LogP contribution in [-0.2, 0) is 4.74 Å². The maximum atomic E-state index is 9.51. The zero-order chi connectivity index (χ0) is 10.7. The van der Waals surface area contributed by atoms with Crippen LogP contribution in [0.15, 0.2) is 0 Å². The Morgan fingerprint density at radius 3 is 2.36 bits per heavy atom. The Kier molecular flexibility index (Phi) is 4.16. The van der Waals surface area contributed by atoms with Gasteiger partial charge in [-0.15, -0.1) is 5.53 Å². The summed E-state index contributed by atoms with van der Waals surface area (Å²) < 4.78 is 4.85. The molecule has 0 amide bonds. The van der Waals surface area contributed by atoms with Gasteiger partial charge in [-0.1, -0.05) is 0 Å². The van der Waals surface area contributed by atoms with Gasteiger partial charge in [0.15, 0.2) is 6.29 Å². The molecule has 1 unspecified atom stereocenters. The summed E-state index contributed by atoms with van der Waals surface area (Å²) in [7, 11) is 0. The van der Waals surface area contributed by atoms with Crippen LogP contribution in [0.4, 0.5) is 0 Å². The van der Waals surface area contributed by atoms with Gasteiger partial charge in [0.25, 0.3) is 0 Å². The fourth-order valence-corrected chi connectivity index (χ4v) is 1.37. The molecule has 8 heteroatoms. The fraction of sp³-hybridized carbons (Fsp3) is 1.00. The van der Waals surface area contributed by atoms with E-state index < -0.39 is 37.3 Å². The topological polar surface area (TPSA) is 142 Å². The highest BCUT2D eigenvalue weighted by atomic mass is 16.6. The number of aliphatic hydroxyl groups excluding tert-OH is 4. The average molecular weight is 210 g/mol. The molecule has 84 valence electrons. The minimum absolute atomic E-state index is 0.472. The highest BCUT2D eigenvalue weighted by molar-refractivity contribution is 4.91. The fourth-order valence-electron chi connectivity index (χ4n) is 1.37. The van der Waals surface area contributed by atoms with E-state index in [1.807, 2.05) is 0 Å². The van der Waals surface area contributed by atoms with Crippen molar-refractivity contribution in [1.29, 1.82) is 0 Å². The van der Waals surface area contributed by atoms with Gasteiger partial charge in [-0.2, -0.15) is 0 Å². The summed E-state index contributed by atoms with van der Waals surface area (Å²) in [4.78, 5) is 0. The van der Waals surface area contributed by atoms with Crippen molar-refractivity contribution in [2.45, 2.75) is 30.6 Å². The quantitative estimate of drug-likeness (QED) is 0.231. The number of nitrogens with one attached hydrogen (secondary N) is 2. The van der Waals surface area contributed by atoms with Gasteiger partial charge < -0.3 is 25.2 Å². The second kappa shape index (κ2) is 4.96. The molecule has 0 aromatic heterocycles. The highest BCUT2D eigenvalue weighted by Crippen LogP contribution is 2.18. The summed E-state index contributed by atoms with van der Waals surface area (Å²) >= 11 is 0. The van der Waals surface area contributed by atoms with E-state index in [0.29, 0.717) is 0 Å². The average Bonchev–Trinajstić information content (AvgIpc) is 2.18. The molecule has 5 atom stereocenters. The Balaban J connectivity index is 2.63. The van der Waals surface area contributed by atoms with Crippen molar-refractivity contribution in [2.75, 3.05) is 6.61 Å². The third-order valence-electron chi connectivity index (χ3n) is 2.17. The molecular weight excluding hydrogens is 194 g/mol. The van der Waals surface area contributed by atoms with Crippen molar-refractivity contribution >= 4 is 0 Å². The first-order chi connectivity index (χ1) is 6.61. The van der Waals surface area contributed by atoms with Crippen molar-refractivity contribution < 1.29 is 31.0 Å². The van der Waals surface area contributed by atoms with E-state index in [9.17, 15) is 15.3 Å². The number of aliphatic hydroxyl groups is 4. The molecule has 8 nitrogen and oxygen atoms in total. The molecule has 9 N–H and O–H groups in total. The van der Waals surface area contributed by atoms with E-state index in [2.05, 4.69) is 16.8 Å². The molecule has 1 heterocycles. The molecule has 0 bridgehead atoms. The molecule has 0 aliphatic carbocycles. The molecule has 1 saturated heterocycles. The third-order valence-corrected chi connectivity index (χ3v) is 2.17. The Morgan fingerprint density at radius 2 is 1.86 bits per heavy atom. The lowest BCUT2D eigenvalue weighted by atomic mass is 9.98. The van der Waals surface area contributed by atoms with Crippen LogP contribution in [0, 0.1) is 0 Å². The molecule has 1 fully saturated rings. The van der Waals surface area contributed by atoms with Gasteiger partial charge in [0.2, 0.25) is 0 Å². The van der Waals surface area contributed by atoms with Crippen LogP contribution in [0.1, 0.15) is 0 Å². The van der Waals surface area contributed by atoms with Gasteiger partial charge in [0.1, 0.15) is 24.4 Å². The summed E-state index contributed by atoms with van der Waals surface area (Å²) in [5, 5.41) is 37.0. The molecule has 0 aromatic rings. The molecule has 0 saturated carbocycles. The van der Waals surface area contributed by atoms with Gasteiger partial charge in [0.05, 0.1) is 6.61 Å². The Hall–Kier alpha value is -0.320. The molecule has 0 spiro atoms. The van der Waals surface area contributed by atoms with Gasteiger partial charge in [-0.05, 0) is 0 Å². The minimum Gasteiger partial charge on any atom is -0.394 e. The first-order valence-corrected chi connectivity index (χ1v) is 4.20. The summed E-state index contributed by atoms with van der Waals surface area (Å²) in [5.74, 6) is 3.24. The van der Waals surface area contributed by atoms with E-state index >= 15 is 0 Å². The molecule has 1 aliphatic rings. The Labute approximate surface area is 80.2 Å². The number of hydrazine groups is 1. The first-order valence-electron chi connectivity index (χ1n) is 4.20. The monoisotopic (exact) mass is 210 g/mol. The van der Waals surface area contributed by atoms with E-state index in [-0.39, 0.29) is 0 Å². The van der Waals surface area contributed by atoms with Crippen LogP contribution in [0.25, 0.3) is 0 Å². The predicted octanol–water partition coefficient (Wildman–Crippen LogP) is -4.96. The Bertz CT molecular complexity index is 183. The summed E-state index contributed by atoms with van der Waals surface area (Å²) in [6.45, 7) is -0.472. The summed E-state index contributed by atoms with van der Waals surface area (Å²) in [5.41, 5.74) is 4.71. The second-order valence-corrected chi connectivity index (χ2v) is 3.08. The molecule has 14 heavy (non-hydrogen) atoms. The third kappa shape index (κ3) is 2.19. The van der Waals surface area contributed by atoms with Crippen LogP contribution >= 0.6 is 0 Å². The number of ether oxygens (including phenoxy) is 1. The number of hydrogen-bond donors (Lipinski definition) is 7. The van der Waals surface area contributed by atoms with Crippen molar-refractivity contribution in [1.82, 2.24) is 11.0 Å². The lowest BCUT2D eigenvalue weighted by Gasteiger charge is -2.39. The summed E-state index contributed by atoms with van der Waals surface area (Å²) in [6.07, 6.45) is -4.80. The Morgan fingerprint density at radius 1 is 1.21 bits per heavy atom. The molecular formula is C6H16N3O5+. The zero-order valence-corrected chi connectivity index (χ0v) is 7.50. The molecule has 1 rings (SSSR count). The van der Waals surface area contributed by atoms with Gasteiger partial charge >= 0.3 is 0 Å². The van der Waals surface area contributed by atoms with Gasteiger partial charge in [-0.25, -0.2) is 5.43 Å². The van der Waals surface area contributed by atoms with Gasteiger partial charge in [-0.3, -0.25) is 5.84 Å². The lowest BCUT2D eigenvalue weighted by molar-refractivity contribution is -0.462. The number of quaternary nitrogens is 1. The van der Waals surface area contributed by atoms with Crippen LogP contribution in [0.5, 0.6) is 0 Å². The van der Waals surface area contributed by atoms with Crippen molar-refractivity contribution in [2.24, 2.45) is 0 Å². The van der Waals surface area contributed by atoms with Gasteiger partial charge in [0, 0.05) is 0 Å². The van der Waals surface area contributed by atoms with Crippen LogP contribution < -0.4 is 16.8 Å². The van der Waals surface area contributed by atoms with Crippen molar-refractivity contribution in [3.05, 3.63) is 0 Å². The largest absolute Gasteiger partial charge is 0.394 e. The normalized spacial score (nSPS) is 43.9.